The maximum absolute atomic E-state index is 10.3. The van der Waals surface area contributed by atoms with Crippen molar-refractivity contribution in [3.8, 4) is 0 Å². The topological polar surface area (TPSA) is 310 Å². The van der Waals surface area contributed by atoms with Gasteiger partial charge in [-0.05, 0) is 0 Å². The number of rotatable bonds is 8. The van der Waals surface area contributed by atoms with E-state index in [9.17, 15) is 24.0 Å². The van der Waals surface area contributed by atoms with E-state index in [1.807, 2.05) is 0 Å². The van der Waals surface area contributed by atoms with Crippen molar-refractivity contribution < 1.29 is 79.0 Å². The fourth-order valence-corrected chi connectivity index (χ4v) is 0.967. The molecule has 0 bridgehead atoms. The van der Waals surface area contributed by atoms with Crippen LogP contribution in [0.5, 0.6) is 0 Å². The van der Waals surface area contributed by atoms with Gasteiger partial charge in [-0.15, -0.1) is 0 Å². The quantitative estimate of drug-likeness (QED) is 0.124. The van der Waals surface area contributed by atoms with Gasteiger partial charge in [-0.3, -0.25) is 14.4 Å². The molecule has 0 saturated carbocycles. The summed E-state index contributed by atoms with van der Waals surface area (Å²) in [7, 11) is -5.14. The molecule has 0 aliphatic rings. The first kappa shape index (κ1) is 34.2. The average Bonchev–Trinajstić information content (AvgIpc) is 2.33. The van der Waals surface area contributed by atoms with E-state index in [0.717, 1.165) is 0 Å². The molecule has 0 aromatic rings. The predicted octanol–water partition coefficient (Wildman–Crippen LogP) is -4.92. The van der Waals surface area contributed by atoms with Gasteiger partial charge in [-0.25, -0.2) is 9.59 Å². The van der Waals surface area contributed by atoms with Crippen LogP contribution in [0.1, 0.15) is 19.3 Å². The van der Waals surface area contributed by atoms with Gasteiger partial charge < -0.3 is 55.0 Å². The second kappa shape index (κ2) is 15.5. The molecule has 28 heavy (non-hydrogen) atoms. The normalized spacial score (nSPS) is 11.2. The van der Waals surface area contributed by atoms with Crippen molar-refractivity contribution in [1.29, 1.82) is 0 Å². The summed E-state index contributed by atoms with van der Waals surface area (Å²) in [5, 5.41) is 58.0. The van der Waals surface area contributed by atoms with Crippen LogP contribution in [0.4, 0.5) is 0 Å². The van der Waals surface area contributed by atoms with Gasteiger partial charge in [0, 0.05) is 0 Å². The molecule has 0 aliphatic carbocycles. The molecule has 0 aromatic carbocycles. The van der Waals surface area contributed by atoms with Crippen LogP contribution < -0.4 is 9.79 Å². The zero-order chi connectivity index (χ0) is 22.6. The van der Waals surface area contributed by atoms with E-state index in [-0.39, 0.29) is 37.7 Å². The molecule has 0 heterocycles. The van der Waals surface area contributed by atoms with Crippen LogP contribution in [-0.2, 0) is 28.5 Å². The van der Waals surface area contributed by atoms with Crippen molar-refractivity contribution in [3.05, 3.63) is 0 Å². The first-order valence-corrected chi connectivity index (χ1v) is 7.58. The molecule has 18 heteroatoms. The van der Waals surface area contributed by atoms with Crippen molar-refractivity contribution in [2.45, 2.75) is 31.0 Å². The zero-order valence-corrected chi connectivity index (χ0v) is 16.8. The van der Waals surface area contributed by atoms with E-state index in [2.05, 4.69) is 0 Å². The van der Waals surface area contributed by atoms with Crippen molar-refractivity contribution in [2.75, 3.05) is 0 Å². The van der Waals surface area contributed by atoms with Gasteiger partial charge >= 0.3 is 67.6 Å². The molecular weight excluding hydrogens is 447 g/mol. The summed E-state index contributed by atoms with van der Waals surface area (Å²) in [6, 6.07) is 0. The molecule has 0 fully saturated rings. The third-order valence-corrected chi connectivity index (χ3v) is 1.94. The predicted molar refractivity (Wildman–Crippen MR) is 78.6 cm³/mol. The van der Waals surface area contributed by atoms with E-state index in [4.69, 9.17) is 55.0 Å². The number of carboxylic acid groups (broad SMARTS) is 5. The van der Waals surface area contributed by atoms with Crippen LogP contribution >= 0.6 is 7.82 Å². The second-order valence-corrected chi connectivity index (χ2v) is 5.34. The molecule has 8 N–H and O–H groups in total. The summed E-state index contributed by atoms with van der Waals surface area (Å²) < 4.78 is 8.66. The number of phosphoric acid groups is 1. The Morgan fingerprint density at radius 2 is 1.14 bits per heavy atom. The van der Waals surface area contributed by atoms with Gasteiger partial charge in [-0.1, -0.05) is 0 Å². The van der Waals surface area contributed by atoms with Gasteiger partial charge in [0.05, 0.1) is 27.1 Å². The molecule has 16 nitrogen and oxygen atoms in total. The fraction of sp³-hybridized carbons (Fsp3) is 0.500. The molecule has 0 aliphatic heterocycles. The number of aliphatic hydroxyl groups is 2. The fourth-order valence-electron chi connectivity index (χ4n) is 0.967. The monoisotopic (exact) mass is 462 g/mol. The van der Waals surface area contributed by atoms with Gasteiger partial charge in [0.2, 0.25) is 0 Å². The molecule has 0 saturated heterocycles. The summed E-state index contributed by atoms with van der Waals surface area (Å²) >= 11 is 0. The molecule has 158 valence electrons. The van der Waals surface area contributed by atoms with Crippen molar-refractivity contribution in [1.82, 2.24) is 0 Å². The molecule has 0 rings (SSSR count). The minimum Gasteiger partial charge on any atom is -0.790 e. The molecule has 1 unspecified atom stereocenters. The first-order chi connectivity index (χ1) is 11.8. The van der Waals surface area contributed by atoms with E-state index >= 15 is 0 Å². The molecule has 1 atom stereocenters. The van der Waals surface area contributed by atoms with E-state index in [0.29, 0.717) is 0 Å². The van der Waals surface area contributed by atoms with Crippen LogP contribution in [0.3, 0.4) is 0 Å². The standard InChI is InChI=1S/C6H8O7.C4H6O5.Ca.H3O4P/c7-3(8)1-6(13,5(11)12)2-4(9)10;5-2(4(8)9)1-3(6)7;;1-5(2,3)4/h13H,1-2H2,(H,7,8)(H,9,10)(H,11,12);2,5H,1H2,(H,6,7)(H,8,9);;(H3,1,2,3,4)/q;;+2;/p-2. The Bertz CT molecular complexity index is 572. The minimum absolute atomic E-state index is 0. The molecule has 0 amide bonds. The minimum atomic E-state index is -5.14. The molecule has 0 aromatic heterocycles. The Labute approximate surface area is 184 Å². The summed E-state index contributed by atoms with van der Waals surface area (Å²) in [6.45, 7) is 0. The number of aliphatic carboxylic acids is 5. The molecule has 0 spiro atoms. The Balaban J connectivity index is -0.000000167. The van der Waals surface area contributed by atoms with E-state index < -0.39 is 68.6 Å². The summed E-state index contributed by atoms with van der Waals surface area (Å²) in [5.74, 6) is -7.86. The maximum Gasteiger partial charge on any atom is 2.00 e. The molecular formula is C10H15CaO16P. The first-order valence-electron chi connectivity index (χ1n) is 6.08. The van der Waals surface area contributed by atoms with Crippen LogP contribution in [0.2, 0.25) is 0 Å². The number of hydrogen-bond donors (Lipinski definition) is 8. The smallest absolute Gasteiger partial charge is 0.790 e. The maximum atomic E-state index is 10.3. The van der Waals surface area contributed by atoms with E-state index in [1.54, 1.807) is 0 Å². The third kappa shape index (κ3) is 26.9. The summed E-state index contributed by atoms with van der Waals surface area (Å²) in [4.78, 5) is 74.2. The zero-order valence-electron chi connectivity index (χ0n) is 13.7. The largest absolute Gasteiger partial charge is 2.00 e. The summed E-state index contributed by atoms with van der Waals surface area (Å²) in [5.41, 5.74) is -2.74. The Morgan fingerprint density at radius 3 is 1.25 bits per heavy atom. The molecule has 0 radical (unpaired) electrons. The number of aliphatic hydroxyl groups excluding tert-OH is 1. The van der Waals surface area contributed by atoms with Crippen LogP contribution in [0.15, 0.2) is 0 Å². The Kier molecular flexibility index (Phi) is 19.0. The van der Waals surface area contributed by atoms with Gasteiger partial charge in [0.1, 0.15) is 0 Å². The SMILES string of the molecule is O=C(O)CC(O)(CC(=O)O)C(=O)O.O=C(O)CC(O)C(=O)O.O=P([O-])([O-])O.[Ca+2]. The van der Waals surface area contributed by atoms with Crippen molar-refractivity contribution in [3.63, 3.8) is 0 Å². The van der Waals surface area contributed by atoms with Crippen molar-refractivity contribution in [2.24, 2.45) is 0 Å². The Hall–Kier alpha value is -1.36. The van der Waals surface area contributed by atoms with Gasteiger partial charge in [0.25, 0.3) is 0 Å². The second-order valence-electron chi connectivity index (χ2n) is 4.40. The third-order valence-electron chi connectivity index (χ3n) is 1.94. The average molecular weight is 462 g/mol. The van der Waals surface area contributed by atoms with Crippen LogP contribution in [-0.4, -0.2) is 120 Å². The van der Waals surface area contributed by atoms with Crippen LogP contribution in [0.25, 0.3) is 0 Å². The van der Waals surface area contributed by atoms with Gasteiger partial charge in [0.15, 0.2) is 11.7 Å². The van der Waals surface area contributed by atoms with E-state index in [1.165, 1.54) is 0 Å². The van der Waals surface area contributed by atoms with Crippen molar-refractivity contribution >= 4 is 75.4 Å². The summed E-state index contributed by atoms with van der Waals surface area (Å²) in [6.07, 6.45) is -4.83. The Morgan fingerprint density at radius 1 is 0.857 bits per heavy atom. The van der Waals surface area contributed by atoms with Crippen LogP contribution in [0, 0.1) is 0 Å². The number of carbonyl (C=O) groups is 5. The number of hydrogen-bond acceptors (Lipinski definition) is 10. The number of carboxylic acids is 5. The van der Waals surface area contributed by atoms with Gasteiger partial charge in [-0.2, -0.15) is 0 Å².